The van der Waals surface area contributed by atoms with Gasteiger partial charge in [0.05, 0.1) is 16.9 Å². The quantitative estimate of drug-likeness (QED) is 0.730. The SMILES string of the molecule is CC1(C)CCCCC1Nc1cccc(C(=O)O)c1N. The van der Waals surface area contributed by atoms with Crippen LogP contribution in [0, 0.1) is 5.41 Å². The molecule has 19 heavy (non-hydrogen) atoms. The number of nitrogens with one attached hydrogen (secondary N) is 1. The second-order valence-corrected chi connectivity index (χ2v) is 6.00. The smallest absolute Gasteiger partial charge is 0.337 e. The highest BCUT2D eigenvalue weighted by Crippen LogP contribution is 2.38. The molecule has 0 spiro atoms. The van der Waals surface area contributed by atoms with E-state index in [0.29, 0.717) is 11.7 Å². The van der Waals surface area contributed by atoms with E-state index in [1.165, 1.54) is 25.3 Å². The number of hydrogen-bond acceptors (Lipinski definition) is 3. The Bertz CT molecular complexity index is 483. The molecule has 1 fully saturated rings. The van der Waals surface area contributed by atoms with Crippen molar-refractivity contribution < 1.29 is 9.90 Å². The van der Waals surface area contributed by atoms with Crippen LogP contribution in [-0.4, -0.2) is 17.1 Å². The molecule has 0 bridgehead atoms. The van der Waals surface area contributed by atoms with Gasteiger partial charge in [0.15, 0.2) is 0 Å². The fourth-order valence-electron chi connectivity index (χ4n) is 2.83. The Balaban J connectivity index is 2.23. The summed E-state index contributed by atoms with van der Waals surface area (Å²) in [6.07, 6.45) is 4.75. The van der Waals surface area contributed by atoms with Crippen LogP contribution >= 0.6 is 0 Å². The molecular weight excluding hydrogens is 240 g/mol. The van der Waals surface area contributed by atoms with Crippen molar-refractivity contribution in [3.05, 3.63) is 23.8 Å². The molecule has 0 heterocycles. The van der Waals surface area contributed by atoms with Crippen molar-refractivity contribution in [2.24, 2.45) is 5.41 Å². The minimum Gasteiger partial charge on any atom is -0.478 e. The molecule has 4 nitrogen and oxygen atoms in total. The maximum Gasteiger partial charge on any atom is 0.337 e. The number of carboxylic acid groups (broad SMARTS) is 1. The van der Waals surface area contributed by atoms with Gasteiger partial charge in [0.2, 0.25) is 0 Å². The van der Waals surface area contributed by atoms with E-state index in [9.17, 15) is 4.79 Å². The lowest BCUT2D eigenvalue weighted by Gasteiger charge is -2.40. The predicted octanol–water partition coefficient (Wildman–Crippen LogP) is 3.35. The number of hydrogen-bond donors (Lipinski definition) is 3. The summed E-state index contributed by atoms with van der Waals surface area (Å²) in [5.41, 5.74) is 7.39. The number of carbonyl (C=O) groups is 1. The lowest BCUT2D eigenvalue weighted by molar-refractivity contribution is 0.0698. The van der Waals surface area contributed by atoms with Gasteiger partial charge in [-0.05, 0) is 30.4 Å². The molecule has 0 amide bonds. The third-order valence-electron chi connectivity index (χ3n) is 4.17. The van der Waals surface area contributed by atoms with Crippen molar-refractivity contribution >= 4 is 17.3 Å². The Hall–Kier alpha value is -1.71. The summed E-state index contributed by atoms with van der Waals surface area (Å²) in [5.74, 6) is -0.982. The van der Waals surface area contributed by atoms with Gasteiger partial charge in [-0.2, -0.15) is 0 Å². The van der Waals surface area contributed by atoms with Crippen LogP contribution in [0.1, 0.15) is 49.9 Å². The summed E-state index contributed by atoms with van der Waals surface area (Å²) < 4.78 is 0. The molecule has 2 rings (SSSR count). The van der Waals surface area contributed by atoms with E-state index in [0.717, 1.165) is 12.1 Å². The minimum atomic E-state index is -0.982. The van der Waals surface area contributed by atoms with Crippen molar-refractivity contribution in [2.75, 3.05) is 11.1 Å². The molecule has 4 heteroatoms. The normalized spacial score (nSPS) is 21.9. The van der Waals surface area contributed by atoms with Crippen molar-refractivity contribution in [1.82, 2.24) is 0 Å². The highest BCUT2D eigenvalue weighted by Gasteiger charge is 2.32. The molecule has 1 saturated carbocycles. The topological polar surface area (TPSA) is 75.3 Å². The van der Waals surface area contributed by atoms with Gasteiger partial charge in [-0.1, -0.05) is 32.8 Å². The largest absolute Gasteiger partial charge is 0.478 e. The zero-order valence-corrected chi connectivity index (χ0v) is 11.6. The van der Waals surface area contributed by atoms with Crippen LogP contribution in [0.5, 0.6) is 0 Å². The van der Waals surface area contributed by atoms with E-state index in [1.807, 2.05) is 6.07 Å². The molecule has 0 aromatic heterocycles. The van der Waals surface area contributed by atoms with Crippen LogP contribution in [0.2, 0.25) is 0 Å². The van der Waals surface area contributed by atoms with Crippen LogP contribution < -0.4 is 11.1 Å². The van der Waals surface area contributed by atoms with Gasteiger partial charge in [0.1, 0.15) is 0 Å². The number of rotatable bonds is 3. The predicted molar refractivity (Wildman–Crippen MR) is 77.5 cm³/mol. The zero-order valence-electron chi connectivity index (χ0n) is 11.6. The molecule has 0 saturated heterocycles. The third-order valence-corrected chi connectivity index (χ3v) is 4.17. The van der Waals surface area contributed by atoms with Gasteiger partial charge in [-0.3, -0.25) is 0 Å². The fraction of sp³-hybridized carbons (Fsp3) is 0.533. The van der Waals surface area contributed by atoms with E-state index >= 15 is 0 Å². The first-order valence-corrected chi connectivity index (χ1v) is 6.80. The molecule has 1 aromatic rings. The first-order valence-electron chi connectivity index (χ1n) is 6.80. The highest BCUT2D eigenvalue weighted by atomic mass is 16.4. The van der Waals surface area contributed by atoms with Crippen molar-refractivity contribution in [1.29, 1.82) is 0 Å². The summed E-state index contributed by atoms with van der Waals surface area (Å²) in [7, 11) is 0. The Morgan fingerprint density at radius 2 is 2.16 bits per heavy atom. The fourth-order valence-corrected chi connectivity index (χ4v) is 2.83. The monoisotopic (exact) mass is 262 g/mol. The summed E-state index contributed by atoms with van der Waals surface area (Å²) in [5, 5.41) is 12.5. The third kappa shape index (κ3) is 2.83. The van der Waals surface area contributed by atoms with Crippen LogP contribution in [0.25, 0.3) is 0 Å². The highest BCUT2D eigenvalue weighted by molar-refractivity contribution is 5.97. The summed E-state index contributed by atoms with van der Waals surface area (Å²) in [4.78, 5) is 11.1. The number of benzene rings is 1. The van der Waals surface area contributed by atoms with E-state index < -0.39 is 5.97 Å². The van der Waals surface area contributed by atoms with E-state index in [4.69, 9.17) is 10.8 Å². The average Bonchev–Trinajstić information content (AvgIpc) is 2.33. The van der Waals surface area contributed by atoms with Gasteiger partial charge >= 0.3 is 5.97 Å². The lowest BCUT2D eigenvalue weighted by atomic mass is 9.73. The van der Waals surface area contributed by atoms with Crippen molar-refractivity contribution in [3.63, 3.8) is 0 Å². The molecule has 1 aromatic carbocycles. The Morgan fingerprint density at radius 3 is 2.79 bits per heavy atom. The zero-order chi connectivity index (χ0) is 14.0. The minimum absolute atomic E-state index is 0.165. The van der Waals surface area contributed by atoms with Crippen molar-refractivity contribution in [2.45, 2.75) is 45.6 Å². The molecule has 1 unspecified atom stereocenters. The Kier molecular flexibility index (Phi) is 3.69. The molecule has 0 radical (unpaired) electrons. The van der Waals surface area contributed by atoms with Crippen LogP contribution in [0.15, 0.2) is 18.2 Å². The van der Waals surface area contributed by atoms with Gasteiger partial charge in [-0.15, -0.1) is 0 Å². The van der Waals surface area contributed by atoms with Crippen LogP contribution in [-0.2, 0) is 0 Å². The van der Waals surface area contributed by atoms with Crippen molar-refractivity contribution in [3.8, 4) is 0 Å². The number of carboxylic acids is 1. The molecule has 104 valence electrons. The number of nitrogen functional groups attached to an aromatic ring is 1. The second kappa shape index (κ2) is 5.11. The maximum absolute atomic E-state index is 11.1. The summed E-state index contributed by atoms with van der Waals surface area (Å²) in [6.45, 7) is 4.50. The Labute approximate surface area is 114 Å². The average molecular weight is 262 g/mol. The number of nitrogens with two attached hydrogens (primary N) is 1. The number of para-hydroxylation sites is 1. The molecular formula is C15H22N2O2. The van der Waals surface area contributed by atoms with Gasteiger partial charge in [0.25, 0.3) is 0 Å². The van der Waals surface area contributed by atoms with E-state index in [-0.39, 0.29) is 11.0 Å². The molecule has 1 aliphatic carbocycles. The maximum atomic E-state index is 11.1. The first kappa shape index (κ1) is 13.7. The van der Waals surface area contributed by atoms with E-state index in [2.05, 4.69) is 19.2 Å². The number of aromatic carboxylic acids is 1. The molecule has 1 aliphatic rings. The Morgan fingerprint density at radius 1 is 1.42 bits per heavy atom. The summed E-state index contributed by atoms with van der Waals surface area (Å²) in [6, 6.07) is 5.46. The number of anilines is 2. The first-order chi connectivity index (χ1) is 8.92. The van der Waals surface area contributed by atoms with Gasteiger partial charge in [-0.25, -0.2) is 4.79 Å². The molecule has 1 atom stereocenters. The van der Waals surface area contributed by atoms with Crippen LogP contribution in [0.4, 0.5) is 11.4 Å². The lowest BCUT2D eigenvalue weighted by Crippen LogP contribution is -2.39. The van der Waals surface area contributed by atoms with Crippen LogP contribution in [0.3, 0.4) is 0 Å². The molecule has 0 aliphatic heterocycles. The molecule has 4 N–H and O–H groups in total. The standard InChI is InChI=1S/C15H22N2O2/c1-15(2)9-4-3-8-12(15)17-11-7-5-6-10(13(11)16)14(18)19/h5-7,12,17H,3-4,8-9,16H2,1-2H3,(H,18,19). The second-order valence-electron chi connectivity index (χ2n) is 6.00. The van der Waals surface area contributed by atoms with Gasteiger partial charge < -0.3 is 16.2 Å². The summed E-state index contributed by atoms with van der Waals surface area (Å²) >= 11 is 0. The van der Waals surface area contributed by atoms with E-state index in [1.54, 1.807) is 6.07 Å². The van der Waals surface area contributed by atoms with Gasteiger partial charge in [0, 0.05) is 6.04 Å².